The Hall–Kier alpha value is -1.65. The fourth-order valence-corrected chi connectivity index (χ4v) is 2.72. The molecule has 3 heterocycles. The van der Waals surface area contributed by atoms with Crippen LogP contribution >= 0.6 is 0 Å². The summed E-state index contributed by atoms with van der Waals surface area (Å²) in [6, 6.07) is 8.10. The van der Waals surface area contributed by atoms with Crippen LogP contribution in [0.5, 0.6) is 0 Å². The highest BCUT2D eigenvalue weighted by molar-refractivity contribution is 5.07. The van der Waals surface area contributed by atoms with Crippen molar-refractivity contribution in [3.8, 4) is 0 Å². The van der Waals surface area contributed by atoms with Gasteiger partial charge in [-0.3, -0.25) is 9.88 Å². The maximum atomic E-state index is 5.98. The van der Waals surface area contributed by atoms with Gasteiger partial charge in [-0.1, -0.05) is 6.07 Å². The molecule has 2 aromatic heterocycles. The Kier molecular flexibility index (Phi) is 4.68. The van der Waals surface area contributed by atoms with Crippen molar-refractivity contribution in [2.45, 2.75) is 39.0 Å². The molecule has 4 nitrogen and oxygen atoms in total. The average Bonchev–Trinajstić information content (AvgIpc) is 2.93. The number of hydrogen-bond acceptors (Lipinski definition) is 4. The van der Waals surface area contributed by atoms with Gasteiger partial charge in [0.2, 0.25) is 0 Å². The zero-order valence-electron chi connectivity index (χ0n) is 12.5. The molecule has 0 amide bonds. The average molecular weight is 286 g/mol. The fraction of sp³-hybridized carbons (Fsp3) is 0.471. The molecule has 0 atom stereocenters. The van der Waals surface area contributed by atoms with Crippen molar-refractivity contribution >= 4 is 0 Å². The summed E-state index contributed by atoms with van der Waals surface area (Å²) in [4.78, 5) is 6.54. The number of aryl methyl sites for hydroxylation is 1. The van der Waals surface area contributed by atoms with E-state index in [0.717, 1.165) is 49.6 Å². The molecule has 0 saturated carbocycles. The van der Waals surface area contributed by atoms with Crippen LogP contribution in [0.15, 0.2) is 41.1 Å². The SMILES string of the molecule is Cc1ccc(CN2CCC(OCc3cccnc3)CC2)o1. The van der Waals surface area contributed by atoms with Gasteiger partial charge in [0, 0.05) is 25.5 Å². The first-order valence-electron chi connectivity index (χ1n) is 7.58. The number of rotatable bonds is 5. The van der Waals surface area contributed by atoms with Crippen LogP contribution in [0.25, 0.3) is 0 Å². The summed E-state index contributed by atoms with van der Waals surface area (Å²) in [6.07, 6.45) is 6.19. The molecule has 21 heavy (non-hydrogen) atoms. The zero-order chi connectivity index (χ0) is 14.5. The molecular formula is C17H22N2O2. The second kappa shape index (κ2) is 6.87. The molecule has 0 aliphatic carbocycles. The van der Waals surface area contributed by atoms with Crippen molar-refractivity contribution in [3.63, 3.8) is 0 Å². The number of likely N-dealkylation sites (tertiary alicyclic amines) is 1. The Labute approximate surface area is 125 Å². The van der Waals surface area contributed by atoms with Gasteiger partial charge >= 0.3 is 0 Å². The highest BCUT2D eigenvalue weighted by Crippen LogP contribution is 2.18. The molecule has 0 radical (unpaired) electrons. The lowest BCUT2D eigenvalue weighted by Gasteiger charge is -2.31. The molecular weight excluding hydrogens is 264 g/mol. The Morgan fingerprint density at radius 1 is 1.29 bits per heavy atom. The van der Waals surface area contributed by atoms with Crippen LogP contribution in [-0.2, 0) is 17.9 Å². The third kappa shape index (κ3) is 4.16. The number of furan rings is 1. The molecule has 1 fully saturated rings. The van der Waals surface area contributed by atoms with E-state index in [1.807, 2.05) is 25.3 Å². The minimum atomic E-state index is 0.361. The first kappa shape index (κ1) is 14.3. The van der Waals surface area contributed by atoms with Gasteiger partial charge in [0.1, 0.15) is 11.5 Å². The fourth-order valence-electron chi connectivity index (χ4n) is 2.72. The van der Waals surface area contributed by atoms with Crippen LogP contribution in [0.2, 0.25) is 0 Å². The van der Waals surface area contributed by atoms with E-state index in [1.165, 1.54) is 0 Å². The van der Waals surface area contributed by atoms with Gasteiger partial charge in [0.25, 0.3) is 0 Å². The Bertz CT molecular complexity index is 545. The molecule has 0 N–H and O–H groups in total. The van der Waals surface area contributed by atoms with Gasteiger partial charge in [-0.05, 0) is 43.5 Å². The van der Waals surface area contributed by atoms with E-state index in [2.05, 4.69) is 22.0 Å². The van der Waals surface area contributed by atoms with E-state index in [1.54, 1.807) is 6.20 Å². The standard InChI is InChI=1S/C17H22N2O2/c1-14-4-5-17(21-14)12-19-9-6-16(7-10-19)20-13-15-3-2-8-18-11-15/h2-5,8,11,16H,6-7,9-10,12-13H2,1H3. The summed E-state index contributed by atoms with van der Waals surface area (Å²) in [5, 5.41) is 0. The number of aromatic nitrogens is 1. The lowest BCUT2D eigenvalue weighted by Crippen LogP contribution is -2.36. The predicted octanol–water partition coefficient (Wildman–Crippen LogP) is 3.16. The topological polar surface area (TPSA) is 38.5 Å². The smallest absolute Gasteiger partial charge is 0.118 e. The largest absolute Gasteiger partial charge is 0.465 e. The number of ether oxygens (including phenoxy) is 1. The molecule has 2 aromatic rings. The van der Waals surface area contributed by atoms with Gasteiger partial charge < -0.3 is 9.15 Å². The van der Waals surface area contributed by atoms with E-state index in [0.29, 0.717) is 12.7 Å². The van der Waals surface area contributed by atoms with E-state index in [-0.39, 0.29) is 0 Å². The van der Waals surface area contributed by atoms with Crippen molar-refractivity contribution in [3.05, 3.63) is 53.7 Å². The van der Waals surface area contributed by atoms with Crippen LogP contribution in [0, 0.1) is 6.92 Å². The Morgan fingerprint density at radius 3 is 2.81 bits per heavy atom. The van der Waals surface area contributed by atoms with Crippen molar-refractivity contribution in [1.82, 2.24) is 9.88 Å². The van der Waals surface area contributed by atoms with Gasteiger partial charge in [-0.25, -0.2) is 0 Å². The van der Waals surface area contributed by atoms with E-state index in [9.17, 15) is 0 Å². The summed E-state index contributed by atoms with van der Waals surface area (Å²) in [5.74, 6) is 2.04. The van der Waals surface area contributed by atoms with E-state index < -0.39 is 0 Å². The van der Waals surface area contributed by atoms with Crippen LogP contribution in [0.4, 0.5) is 0 Å². The lowest BCUT2D eigenvalue weighted by molar-refractivity contribution is -0.00512. The predicted molar refractivity (Wildman–Crippen MR) is 80.8 cm³/mol. The summed E-state index contributed by atoms with van der Waals surface area (Å²) in [6.45, 7) is 5.69. The zero-order valence-corrected chi connectivity index (χ0v) is 12.5. The summed E-state index contributed by atoms with van der Waals surface area (Å²) < 4.78 is 11.6. The van der Waals surface area contributed by atoms with E-state index in [4.69, 9.17) is 9.15 Å². The van der Waals surface area contributed by atoms with Gasteiger partial charge in [0.05, 0.1) is 19.3 Å². The molecule has 0 spiro atoms. The molecule has 3 rings (SSSR count). The monoisotopic (exact) mass is 286 g/mol. The van der Waals surface area contributed by atoms with Gasteiger partial charge in [-0.15, -0.1) is 0 Å². The maximum absolute atomic E-state index is 5.98. The number of hydrogen-bond donors (Lipinski definition) is 0. The molecule has 1 aliphatic rings. The number of pyridine rings is 1. The maximum Gasteiger partial charge on any atom is 0.118 e. The molecule has 0 bridgehead atoms. The third-order valence-electron chi connectivity index (χ3n) is 3.92. The summed E-state index contributed by atoms with van der Waals surface area (Å²) in [7, 11) is 0. The molecule has 1 saturated heterocycles. The molecule has 4 heteroatoms. The molecule has 1 aliphatic heterocycles. The van der Waals surface area contributed by atoms with Crippen LogP contribution in [0.1, 0.15) is 29.9 Å². The Balaban J connectivity index is 1.40. The second-order valence-electron chi connectivity index (χ2n) is 5.66. The van der Waals surface area contributed by atoms with Gasteiger partial charge in [0.15, 0.2) is 0 Å². The van der Waals surface area contributed by atoms with E-state index >= 15 is 0 Å². The van der Waals surface area contributed by atoms with Gasteiger partial charge in [-0.2, -0.15) is 0 Å². The Morgan fingerprint density at radius 2 is 2.14 bits per heavy atom. The molecule has 112 valence electrons. The normalized spacial score (nSPS) is 17.2. The van der Waals surface area contributed by atoms with Crippen molar-refractivity contribution in [1.29, 1.82) is 0 Å². The first-order chi connectivity index (χ1) is 10.3. The van der Waals surface area contributed by atoms with Crippen LogP contribution < -0.4 is 0 Å². The minimum Gasteiger partial charge on any atom is -0.465 e. The molecule has 0 aromatic carbocycles. The number of piperidine rings is 1. The molecule has 0 unspecified atom stereocenters. The summed E-state index contributed by atoms with van der Waals surface area (Å²) in [5.41, 5.74) is 1.14. The number of nitrogens with zero attached hydrogens (tertiary/aromatic N) is 2. The third-order valence-corrected chi connectivity index (χ3v) is 3.92. The highest BCUT2D eigenvalue weighted by Gasteiger charge is 2.20. The van der Waals surface area contributed by atoms with Crippen molar-refractivity contribution in [2.24, 2.45) is 0 Å². The second-order valence-corrected chi connectivity index (χ2v) is 5.66. The van der Waals surface area contributed by atoms with Crippen molar-refractivity contribution in [2.75, 3.05) is 13.1 Å². The lowest BCUT2D eigenvalue weighted by atomic mass is 10.1. The van der Waals surface area contributed by atoms with Crippen LogP contribution in [-0.4, -0.2) is 29.1 Å². The quantitative estimate of drug-likeness (QED) is 0.846. The van der Waals surface area contributed by atoms with Crippen LogP contribution in [0.3, 0.4) is 0 Å². The summed E-state index contributed by atoms with van der Waals surface area (Å²) >= 11 is 0. The highest BCUT2D eigenvalue weighted by atomic mass is 16.5. The first-order valence-corrected chi connectivity index (χ1v) is 7.58. The van der Waals surface area contributed by atoms with Crippen molar-refractivity contribution < 1.29 is 9.15 Å². The minimum absolute atomic E-state index is 0.361.